The highest BCUT2D eigenvalue weighted by Crippen LogP contribution is 2.20. The van der Waals surface area contributed by atoms with Gasteiger partial charge in [0.05, 0.1) is 22.6 Å². The number of piperidine rings is 1. The van der Waals surface area contributed by atoms with E-state index >= 15 is 0 Å². The summed E-state index contributed by atoms with van der Waals surface area (Å²) in [5, 5.41) is 16.4. The van der Waals surface area contributed by atoms with E-state index in [1.807, 2.05) is 0 Å². The molecule has 1 saturated heterocycles. The quantitative estimate of drug-likeness (QED) is 0.280. The van der Waals surface area contributed by atoms with Crippen LogP contribution in [0.2, 0.25) is 0 Å². The summed E-state index contributed by atoms with van der Waals surface area (Å²) >= 11 is 0. The summed E-state index contributed by atoms with van der Waals surface area (Å²) in [5.41, 5.74) is 4.23. The number of amides is 1. The smallest absolute Gasteiger partial charge is 0.228 e. The second-order valence-electron chi connectivity index (χ2n) is 5.97. The van der Waals surface area contributed by atoms with E-state index in [-0.39, 0.29) is 17.7 Å². The number of rotatable bonds is 5. The number of nitrogens with zero attached hydrogens (tertiary/aromatic N) is 3. The van der Waals surface area contributed by atoms with Crippen molar-refractivity contribution in [1.82, 2.24) is 20.7 Å². The van der Waals surface area contributed by atoms with Gasteiger partial charge in [0.1, 0.15) is 5.84 Å². The lowest BCUT2D eigenvalue weighted by molar-refractivity contribution is -0.120. The second kappa shape index (κ2) is 8.26. The normalized spacial score (nSPS) is 16.5. The molecule has 1 atom stereocenters. The van der Waals surface area contributed by atoms with Crippen LogP contribution in [-0.4, -0.2) is 34.8 Å². The van der Waals surface area contributed by atoms with Crippen molar-refractivity contribution in [1.29, 1.82) is 5.41 Å². The van der Waals surface area contributed by atoms with E-state index in [0.717, 1.165) is 19.4 Å². The number of amidine groups is 1. The van der Waals surface area contributed by atoms with Gasteiger partial charge in [-0.3, -0.25) is 20.2 Å². The van der Waals surface area contributed by atoms with Crippen LogP contribution < -0.4 is 16.1 Å². The maximum Gasteiger partial charge on any atom is 0.228 e. The number of nitroso groups, excluding NO2 is 1. The molecule has 0 saturated carbocycles. The predicted octanol–water partition coefficient (Wildman–Crippen LogP) is 1.68. The van der Waals surface area contributed by atoms with E-state index in [9.17, 15) is 9.70 Å². The molecule has 26 heavy (non-hydrogen) atoms. The number of carbonyl (C=O) groups is 1. The first kappa shape index (κ1) is 17.6. The zero-order valence-electron chi connectivity index (χ0n) is 14.0. The van der Waals surface area contributed by atoms with Crippen LogP contribution in [-0.2, 0) is 4.79 Å². The van der Waals surface area contributed by atoms with Crippen molar-refractivity contribution in [2.45, 2.75) is 12.8 Å². The van der Waals surface area contributed by atoms with E-state index in [4.69, 9.17) is 5.41 Å². The van der Waals surface area contributed by atoms with E-state index in [1.165, 1.54) is 6.20 Å². The number of anilines is 1. The average molecular weight is 353 g/mol. The molecule has 1 aliphatic heterocycles. The van der Waals surface area contributed by atoms with Gasteiger partial charge in [0.2, 0.25) is 5.91 Å². The summed E-state index contributed by atoms with van der Waals surface area (Å²) in [7, 11) is 0. The van der Waals surface area contributed by atoms with Gasteiger partial charge in [0.15, 0.2) is 0 Å². The molecule has 3 rings (SSSR count). The Morgan fingerprint density at radius 3 is 2.73 bits per heavy atom. The standard InChI is InChI=1S/C17H19N7O2/c18-16(23-24-26)11-3-6-20-14(8-11)15-9-13(4-7-21-15)22-17(25)12-2-1-5-19-10-12/h3-4,6-9,12,19H,1-2,5,10H2,(H2,18,23,26)(H,21,22,25). The minimum atomic E-state index is -0.127. The van der Waals surface area contributed by atoms with E-state index in [2.05, 4.69) is 31.3 Å². The van der Waals surface area contributed by atoms with Crippen molar-refractivity contribution in [2.75, 3.05) is 18.4 Å². The molecule has 0 aliphatic carbocycles. The summed E-state index contributed by atoms with van der Waals surface area (Å²) in [6.45, 7) is 1.64. The molecule has 1 unspecified atom stereocenters. The Kier molecular flexibility index (Phi) is 5.59. The molecule has 3 heterocycles. The third kappa shape index (κ3) is 4.25. The first-order valence-corrected chi connectivity index (χ1v) is 8.28. The van der Waals surface area contributed by atoms with Gasteiger partial charge in [-0.05, 0) is 43.7 Å². The summed E-state index contributed by atoms with van der Waals surface area (Å²) in [4.78, 5) is 31.1. The minimum absolute atomic E-state index is 0.0147. The Balaban J connectivity index is 1.76. The number of aromatic nitrogens is 2. The van der Waals surface area contributed by atoms with Gasteiger partial charge < -0.3 is 10.6 Å². The molecular formula is C17H19N7O2. The Bertz CT molecular complexity index is 818. The van der Waals surface area contributed by atoms with Crippen molar-refractivity contribution < 1.29 is 4.79 Å². The highest BCUT2D eigenvalue weighted by Gasteiger charge is 2.21. The predicted molar refractivity (Wildman–Crippen MR) is 97.5 cm³/mol. The van der Waals surface area contributed by atoms with Gasteiger partial charge in [0, 0.05) is 30.2 Å². The molecule has 9 nitrogen and oxygen atoms in total. The van der Waals surface area contributed by atoms with Crippen LogP contribution in [0.3, 0.4) is 0 Å². The van der Waals surface area contributed by atoms with Gasteiger partial charge in [-0.1, -0.05) is 0 Å². The average Bonchev–Trinajstić information content (AvgIpc) is 2.69. The molecule has 1 fully saturated rings. The van der Waals surface area contributed by atoms with Crippen LogP contribution in [0.1, 0.15) is 18.4 Å². The molecule has 0 spiro atoms. The highest BCUT2D eigenvalue weighted by atomic mass is 16.3. The van der Waals surface area contributed by atoms with E-state index in [1.54, 1.807) is 30.5 Å². The van der Waals surface area contributed by atoms with Crippen LogP contribution in [0.25, 0.3) is 11.4 Å². The minimum Gasteiger partial charge on any atom is -0.326 e. The molecule has 0 bridgehead atoms. The number of carbonyl (C=O) groups excluding carboxylic acids is 1. The van der Waals surface area contributed by atoms with Crippen LogP contribution in [0.5, 0.6) is 0 Å². The lowest BCUT2D eigenvalue weighted by atomic mass is 9.99. The molecule has 0 radical (unpaired) electrons. The molecule has 1 amide bonds. The Morgan fingerprint density at radius 1 is 1.23 bits per heavy atom. The molecular weight excluding hydrogens is 334 g/mol. The van der Waals surface area contributed by atoms with Crippen LogP contribution in [0.15, 0.2) is 41.9 Å². The largest absolute Gasteiger partial charge is 0.326 e. The monoisotopic (exact) mass is 353 g/mol. The van der Waals surface area contributed by atoms with Crippen molar-refractivity contribution >= 4 is 17.4 Å². The fourth-order valence-electron chi connectivity index (χ4n) is 2.80. The fraction of sp³-hybridized carbons (Fsp3) is 0.294. The maximum atomic E-state index is 12.4. The Labute approximate surface area is 150 Å². The van der Waals surface area contributed by atoms with Gasteiger partial charge in [-0.15, -0.1) is 4.91 Å². The summed E-state index contributed by atoms with van der Waals surface area (Å²) in [5.74, 6) is -0.179. The molecule has 134 valence electrons. The molecule has 1 aliphatic rings. The third-order valence-corrected chi connectivity index (χ3v) is 4.16. The highest BCUT2D eigenvalue weighted by molar-refractivity contribution is 5.97. The number of hydrogen-bond acceptors (Lipinski definition) is 7. The number of hydrogen-bond donors (Lipinski definition) is 4. The molecule has 0 aromatic carbocycles. The van der Waals surface area contributed by atoms with Gasteiger partial charge in [-0.25, -0.2) is 5.43 Å². The summed E-state index contributed by atoms with van der Waals surface area (Å²) in [6, 6.07) is 6.67. The number of nitrogens with one attached hydrogen (secondary N) is 4. The fourth-order valence-corrected chi connectivity index (χ4v) is 2.80. The summed E-state index contributed by atoms with van der Waals surface area (Å²) < 4.78 is 0. The SMILES string of the molecule is N=C(NN=O)c1ccnc(-c2cc(NC(=O)C3CCCNC3)ccn2)c1. The van der Waals surface area contributed by atoms with Gasteiger partial charge in [-0.2, -0.15) is 0 Å². The third-order valence-electron chi connectivity index (χ3n) is 4.16. The van der Waals surface area contributed by atoms with Crippen LogP contribution in [0.4, 0.5) is 5.69 Å². The zero-order valence-corrected chi connectivity index (χ0v) is 14.0. The molecule has 9 heteroatoms. The number of pyridine rings is 2. The van der Waals surface area contributed by atoms with Gasteiger partial charge in [0.25, 0.3) is 0 Å². The Morgan fingerprint density at radius 2 is 2.00 bits per heavy atom. The summed E-state index contributed by atoms with van der Waals surface area (Å²) in [6.07, 6.45) is 4.98. The van der Waals surface area contributed by atoms with Crippen molar-refractivity contribution in [2.24, 2.45) is 11.2 Å². The zero-order chi connectivity index (χ0) is 18.4. The maximum absolute atomic E-state index is 12.4. The second-order valence-corrected chi connectivity index (χ2v) is 5.97. The van der Waals surface area contributed by atoms with Crippen molar-refractivity contribution in [3.63, 3.8) is 0 Å². The lowest BCUT2D eigenvalue weighted by Gasteiger charge is -2.21. The van der Waals surface area contributed by atoms with E-state index < -0.39 is 0 Å². The van der Waals surface area contributed by atoms with Crippen molar-refractivity contribution in [3.05, 3.63) is 47.1 Å². The van der Waals surface area contributed by atoms with E-state index in [0.29, 0.717) is 29.2 Å². The topological polar surface area (TPSA) is 132 Å². The van der Waals surface area contributed by atoms with Crippen LogP contribution in [0, 0.1) is 16.2 Å². The Hall–Kier alpha value is -3.20. The molecule has 2 aromatic heterocycles. The van der Waals surface area contributed by atoms with Gasteiger partial charge >= 0.3 is 0 Å². The first-order valence-electron chi connectivity index (χ1n) is 8.28. The molecule has 2 aromatic rings. The molecule has 4 N–H and O–H groups in total. The first-order chi connectivity index (χ1) is 12.7. The van der Waals surface area contributed by atoms with Crippen molar-refractivity contribution in [3.8, 4) is 11.4 Å². The van der Waals surface area contributed by atoms with Crippen LogP contribution >= 0.6 is 0 Å². The lowest BCUT2D eigenvalue weighted by Crippen LogP contribution is -2.37.